The molecule has 0 aromatic carbocycles. The second-order valence-electron chi connectivity index (χ2n) is 0. The third kappa shape index (κ3) is 55.0. The molecule has 0 saturated heterocycles. The number of hydrogen-bond donors (Lipinski definition) is 0. The Kier molecular flexibility index (Phi) is 571. The van der Waals surface area contributed by atoms with Gasteiger partial charge in [0.15, 0.2) is 0 Å². The van der Waals surface area contributed by atoms with E-state index in [1.54, 1.807) is 0 Å². The largest absolute Gasteiger partial charge is 0 e. The monoisotopic (exact) mass is 877 g/mol. The zero-order chi connectivity index (χ0) is 0. The van der Waals surface area contributed by atoms with Gasteiger partial charge in [-0.1, -0.05) is 0 Å². The molecule has 0 aromatic heterocycles. The molecule has 0 aliphatic carbocycles. The van der Waals surface area contributed by atoms with Crippen LogP contribution in [-0.2, 0) is 117 Å². The minimum absolute atomic E-state index is 0. The summed E-state index contributed by atoms with van der Waals surface area (Å²) in [7, 11) is 0. The Hall–Kier alpha value is 6.19. The van der Waals surface area contributed by atoms with Crippen LogP contribution in [0.4, 0.5) is 0 Å². The Labute approximate surface area is 192 Å². The van der Waals surface area contributed by atoms with Gasteiger partial charge in [-0.15, -0.1) is 0 Å². The Balaban J connectivity index is 0. The third-order valence-corrected chi connectivity index (χ3v) is 0. The Bertz CT molecular complexity index is 6.88. The van der Waals surface area contributed by atoms with Crippen molar-refractivity contribution >= 4 is 0 Å². The summed E-state index contributed by atoms with van der Waals surface area (Å²) in [5.41, 5.74) is 0. The molecule has 71 valence electrons. The summed E-state index contributed by atoms with van der Waals surface area (Å²) in [5, 5.41) is 0. The van der Waals surface area contributed by atoms with E-state index in [0.29, 0.717) is 0 Å². The molecule has 0 nitrogen and oxygen atoms in total. The van der Waals surface area contributed by atoms with Gasteiger partial charge in [-0.3, -0.25) is 0 Å². The van der Waals surface area contributed by atoms with Crippen molar-refractivity contribution in [3.63, 3.8) is 0 Å². The van der Waals surface area contributed by atoms with Gasteiger partial charge in [-0.05, 0) is 0 Å². The average Bonchev–Trinajstić information content (AvgIpc) is 0. The van der Waals surface area contributed by atoms with Gasteiger partial charge in [0, 0.05) is 197 Å². The van der Waals surface area contributed by atoms with E-state index in [4.69, 9.17) is 0 Å². The minimum atomic E-state index is 0. The van der Waals surface area contributed by atoms with Gasteiger partial charge in [0.2, 0.25) is 0 Å². The van der Waals surface area contributed by atoms with Crippen molar-refractivity contribution < 1.29 is 197 Å². The summed E-state index contributed by atoms with van der Waals surface area (Å²) in [6.45, 7) is 0. The van der Waals surface area contributed by atoms with E-state index < -0.39 is 0 Å². The van der Waals surface area contributed by atoms with Gasteiger partial charge in [-0.2, -0.15) is 0 Å². The first-order chi connectivity index (χ1) is 0. The van der Waals surface area contributed by atoms with Crippen molar-refractivity contribution in [2.24, 2.45) is 0 Å². The summed E-state index contributed by atoms with van der Waals surface area (Å²) in [4.78, 5) is 0. The molecule has 7 radical (unpaired) electrons. The Morgan fingerprint density at radius 1 is 0.222 bits per heavy atom. The van der Waals surface area contributed by atoms with Crippen LogP contribution < -0.4 is 0 Å². The van der Waals surface area contributed by atoms with Crippen molar-refractivity contribution in [1.82, 2.24) is 0 Å². The summed E-state index contributed by atoms with van der Waals surface area (Å²) in [5.74, 6) is 0. The molecule has 0 heterocycles. The number of hydrogen-bond acceptors (Lipinski definition) is 0. The van der Waals surface area contributed by atoms with Crippen molar-refractivity contribution in [2.45, 2.75) is 0 Å². The second kappa shape index (κ2) is 64.4. The Morgan fingerprint density at radius 3 is 0.222 bits per heavy atom. The predicted octanol–water partition coefficient (Wildman–Crippen LogP) is -0.0175. The standard InChI is InChI=1S/7Co.2Th. The maximum Gasteiger partial charge on any atom is 0 e. The smallest absolute Gasteiger partial charge is 0 e. The van der Waals surface area contributed by atoms with Crippen molar-refractivity contribution in [2.75, 3.05) is 0 Å². The van der Waals surface area contributed by atoms with Crippen LogP contribution in [0.5, 0.6) is 0 Å². The second-order valence-corrected chi connectivity index (χ2v) is 0. The molecule has 0 bridgehead atoms. The van der Waals surface area contributed by atoms with Crippen molar-refractivity contribution in [3.05, 3.63) is 0 Å². The van der Waals surface area contributed by atoms with E-state index in [1.807, 2.05) is 0 Å². The van der Waals surface area contributed by atoms with E-state index in [1.165, 1.54) is 0 Å². The van der Waals surface area contributed by atoms with E-state index in [-0.39, 0.29) is 197 Å². The fourth-order valence-electron chi connectivity index (χ4n) is 0. The molecule has 0 saturated carbocycles. The molecule has 0 N–H and O–H groups in total. The van der Waals surface area contributed by atoms with Crippen molar-refractivity contribution in [1.29, 1.82) is 0 Å². The van der Waals surface area contributed by atoms with Crippen LogP contribution in [0.2, 0.25) is 0 Å². The van der Waals surface area contributed by atoms with Gasteiger partial charge >= 0.3 is 0 Å². The van der Waals surface area contributed by atoms with E-state index >= 15 is 0 Å². The fraction of sp³-hybridized carbons (Fsp3) is 0. The molecule has 0 aromatic rings. The zero-order valence-electron chi connectivity index (χ0n) is 3.33. The molecule has 0 aliphatic heterocycles. The first kappa shape index (κ1) is 79.8. The van der Waals surface area contributed by atoms with Crippen LogP contribution in [-0.4, -0.2) is 0 Å². The van der Waals surface area contributed by atoms with Crippen LogP contribution in [0.15, 0.2) is 0 Å². The molecule has 0 unspecified atom stereocenters. The molecule has 0 atom stereocenters. The quantitative estimate of drug-likeness (QED) is 0.322. The zero-order valence-corrected chi connectivity index (χ0v) is 18.8. The van der Waals surface area contributed by atoms with E-state index in [9.17, 15) is 0 Å². The third-order valence-electron chi connectivity index (χ3n) is 0. The summed E-state index contributed by atoms with van der Waals surface area (Å²) < 4.78 is 0. The predicted molar refractivity (Wildman–Crippen MR) is 0 cm³/mol. The maximum absolute atomic E-state index is 0. The van der Waals surface area contributed by atoms with Crippen molar-refractivity contribution in [3.8, 4) is 0 Å². The van der Waals surface area contributed by atoms with Gasteiger partial charge in [0.25, 0.3) is 0 Å². The topological polar surface area (TPSA) is 0 Å². The molecule has 9 heavy (non-hydrogen) atoms. The summed E-state index contributed by atoms with van der Waals surface area (Å²) in [6.07, 6.45) is 0. The molecular weight excluding hydrogens is 877 g/mol. The molecular formula is Co7Th2. The number of rotatable bonds is 0. The van der Waals surface area contributed by atoms with Gasteiger partial charge < -0.3 is 0 Å². The summed E-state index contributed by atoms with van der Waals surface area (Å²) >= 11 is 0. The SMILES string of the molecule is [Co].[Co].[Co].[Co].[Co].[Co].[Co].[Th].[Th]. The summed E-state index contributed by atoms with van der Waals surface area (Å²) in [6, 6.07) is 0. The normalized spacial score (nSPS) is 0. The molecule has 9 heteroatoms. The van der Waals surface area contributed by atoms with E-state index in [2.05, 4.69) is 0 Å². The Morgan fingerprint density at radius 2 is 0.222 bits per heavy atom. The minimum Gasteiger partial charge on any atom is 0 e. The van der Waals surface area contributed by atoms with Crippen LogP contribution in [0, 0.1) is 79.9 Å². The van der Waals surface area contributed by atoms with Gasteiger partial charge in [-0.25, -0.2) is 0 Å². The molecule has 0 rings (SSSR count). The molecule has 0 spiro atoms. The van der Waals surface area contributed by atoms with Crippen LogP contribution in [0.1, 0.15) is 0 Å². The van der Waals surface area contributed by atoms with Crippen LogP contribution in [0.3, 0.4) is 0 Å². The maximum atomic E-state index is 0. The van der Waals surface area contributed by atoms with Gasteiger partial charge in [0.1, 0.15) is 0 Å². The fourth-order valence-corrected chi connectivity index (χ4v) is 0. The first-order valence-corrected chi connectivity index (χ1v) is 0. The van der Waals surface area contributed by atoms with E-state index in [0.717, 1.165) is 0 Å². The van der Waals surface area contributed by atoms with Gasteiger partial charge in [0.05, 0.1) is 0 Å². The average molecular weight is 877 g/mol. The van der Waals surface area contributed by atoms with Crippen LogP contribution in [0.25, 0.3) is 0 Å². The first-order valence-electron chi connectivity index (χ1n) is 0. The molecule has 0 fully saturated rings. The molecule has 0 amide bonds. The molecule has 0 aliphatic rings. The van der Waals surface area contributed by atoms with Crippen LogP contribution >= 0.6 is 0 Å².